The van der Waals surface area contributed by atoms with Crippen molar-refractivity contribution in [1.82, 2.24) is 5.01 Å². The maximum Gasteiger partial charge on any atom is 0.439 e. The number of aliphatic hydroxyl groups is 1. The van der Waals surface area contributed by atoms with E-state index in [2.05, 4.69) is 5.10 Å². The number of amides is 1. The van der Waals surface area contributed by atoms with Crippen LogP contribution >= 0.6 is 0 Å². The van der Waals surface area contributed by atoms with Crippen molar-refractivity contribution in [2.75, 3.05) is 0 Å². The average Bonchev–Trinajstić information content (AvgIpc) is 2.87. The van der Waals surface area contributed by atoms with Crippen molar-refractivity contribution < 1.29 is 23.1 Å². The van der Waals surface area contributed by atoms with Gasteiger partial charge in [0.15, 0.2) is 0 Å². The number of nitrogens with zero attached hydrogens (tertiary/aromatic N) is 2. The molecule has 3 rings (SSSR count). The van der Waals surface area contributed by atoms with Crippen molar-refractivity contribution in [2.45, 2.75) is 50.9 Å². The maximum atomic E-state index is 13.7. The summed E-state index contributed by atoms with van der Waals surface area (Å²) in [5.74, 6) is -1.92. The molecule has 4 nitrogen and oxygen atoms in total. The van der Waals surface area contributed by atoms with E-state index in [4.69, 9.17) is 0 Å². The Kier molecular flexibility index (Phi) is 4.62. The van der Waals surface area contributed by atoms with Gasteiger partial charge in [0.1, 0.15) is 0 Å². The summed E-state index contributed by atoms with van der Waals surface area (Å²) in [6, 6.07) is 9.04. The molecule has 1 heterocycles. The van der Waals surface area contributed by atoms with E-state index in [1.54, 1.807) is 24.3 Å². The summed E-state index contributed by atoms with van der Waals surface area (Å²) in [7, 11) is 0. The van der Waals surface area contributed by atoms with Gasteiger partial charge in [-0.15, -0.1) is 0 Å². The van der Waals surface area contributed by atoms with Crippen LogP contribution in [0.15, 0.2) is 35.4 Å². The van der Waals surface area contributed by atoms with Crippen LogP contribution < -0.4 is 0 Å². The predicted octanol–water partition coefficient (Wildman–Crippen LogP) is 3.50. The van der Waals surface area contributed by atoms with E-state index in [0.717, 1.165) is 12.0 Å². The van der Waals surface area contributed by atoms with E-state index in [-0.39, 0.29) is 24.5 Å². The van der Waals surface area contributed by atoms with Crippen LogP contribution in [0.4, 0.5) is 13.2 Å². The minimum Gasteiger partial charge on any atom is -0.362 e. The zero-order chi connectivity index (χ0) is 18.2. The third kappa shape index (κ3) is 3.17. The Morgan fingerprint density at radius 3 is 2.68 bits per heavy atom. The van der Waals surface area contributed by atoms with Crippen molar-refractivity contribution in [2.24, 2.45) is 16.9 Å². The molecular weight excluding hydrogens is 333 g/mol. The number of carbonyl (C=O) groups is 1. The quantitative estimate of drug-likeness (QED) is 0.903. The molecule has 1 N–H and O–H groups in total. The Labute approximate surface area is 144 Å². The standard InChI is InChI=1S/C18H21F3N2O2/c1-12-7-9-15-14(11-12)17(25,18(19,20)21)23(22-15)16(24)10-8-13-5-3-2-4-6-13/h2-6,12,14,25H,7-11H2,1H3/t12-,14-,17-/m1/s1. The molecule has 2 aliphatic rings. The molecule has 1 aliphatic carbocycles. The van der Waals surface area contributed by atoms with Crippen LogP contribution in [0.2, 0.25) is 0 Å². The third-order valence-corrected chi connectivity index (χ3v) is 5.09. The van der Waals surface area contributed by atoms with Crippen molar-refractivity contribution in [3.63, 3.8) is 0 Å². The molecule has 0 radical (unpaired) electrons. The van der Waals surface area contributed by atoms with Crippen LogP contribution in [0.25, 0.3) is 0 Å². The second-order valence-electron chi connectivity index (χ2n) is 6.94. The van der Waals surface area contributed by atoms with E-state index in [1.165, 1.54) is 0 Å². The van der Waals surface area contributed by atoms with E-state index in [0.29, 0.717) is 17.9 Å². The molecule has 1 fully saturated rings. The summed E-state index contributed by atoms with van der Waals surface area (Å²) in [6.07, 6.45) is -3.51. The first kappa shape index (κ1) is 17.9. The Bertz CT molecular complexity index is 675. The van der Waals surface area contributed by atoms with E-state index in [9.17, 15) is 23.1 Å². The highest BCUT2D eigenvalue weighted by molar-refractivity contribution is 5.93. The molecule has 1 aromatic carbocycles. The van der Waals surface area contributed by atoms with Crippen molar-refractivity contribution in [3.8, 4) is 0 Å². The second-order valence-corrected chi connectivity index (χ2v) is 6.94. The lowest BCUT2D eigenvalue weighted by molar-refractivity contribution is -0.317. The van der Waals surface area contributed by atoms with Gasteiger partial charge >= 0.3 is 6.18 Å². The second kappa shape index (κ2) is 6.44. The fourth-order valence-electron chi connectivity index (χ4n) is 3.66. The Balaban J connectivity index is 1.83. The normalized spacial score (nSPS) is 29.3. The molecule has 7 heteroatoms. The van der Waals surface area contributed by atoms with Crippen molar-refractivity contribution >= 4 is 11.6 Å². The number of fused-ring (bicyclic) bond motifs is 1. The summed E-state index contributed by atoms with van der Waals surface area (Å²) < 4.78 is 41.1. The Hall–Kier alpha value is -1.89. The molecule has 1 aliphatic heterocycles. The number of hydrogen-bond acceptors (Lipinski definition) is 3. The number of carbonyl (C=O) groups excluding carboxylic acids is 1. The Morgan fingerprint density at radius 1 is 1.36 bits per heavy atom. The number of hydrogen-bond donors (Lipinski definition) is 1. The van der Waals surface area contributed by atoms with Gasteiger partial charge < -0.3 is 5.11 Å². The summed E-state index contributed by atoms with van der Waals surface area (Å²) in [4.78, 5) is 12.5. The number of alkyl halides is 3. The van der Waals surface area contributed by atoms with Crippen LogP contribution in [0.1, 0.15) is 38.2 Å². The molecule has 0 unspecified atom stereocenters. The number of halogens is 3. The monoisotopic (exact) mass is 354 g/mol. The van der Waals surface area contributed by atoms with Gasteiger partial charge in [-0.25, -0.2) is 0 Å². The first-order valence-corrected chi connectivity index (χ1v) is 8.47. The first-order valence-electron chi connectivity index (χ1n) is 8.47. The molecule has 1 aromatic rings. The average molecular weight is 354 g/mol. The maximum absolute atomic E-state index is 13.7. The smallest absolute Gasteiger partial charge is 0.362 e. The van der Waals surface area contributed by atoms with Crippen LogP contribution in [0, 0.1) is 11.8 Å². The van der Waals surface area contributed by atoms with E-state index >= 15 is 0 Å². The highest BCUT2D eigenvalue weighted by Gasteiger charge is 2.68. The number of hydrazone groups is 1. The predicted molar refractivity (Wildman–Crippen MR) is 86.6 cm³/mol. The molecule has 1 saturated carbocycles. The van der Waals surface area contributed by atoms with Gasteiger partial charge in [-0.05, 0) is 37.2 Å². The Morgan fingerprint density at radius 2 is 2.04 bits per heavy atom. The van der Waals surface area contributed by atoms with Gasteiger partial charge in [-0.1, -0.05) is 37.3 Å². The van der Waals surface area contributed by atoms with Crippen molar-refractivity contribution in [3.05, 3.63) is 35.9 Å². The van der Waals surface area contributed by atoms with Crippen LogP contribution in [-0.2, 0) is 11.2 Å². The fraction of sp³-hybridized carbons (Fsp3) is 0.556. The van der Waals surface area contributed by atoms with E-state index < -0.39 is 23.7 Å². The molecule has 0 saturated heterocycles. The SMILES string of the molecule is C[C@@H]1CCC2=NN(C(=O)CCc3ccccc3)[C@](O)(C(F)(F)F)[C@@H]2C1. The topological polar surface area (TPSA) is 52.9 Å². The minimum atomic E-state index is -4.96. The zero-order valence-corrected chi connectivity index (χ0v) is 14.0. The van der Waals surface area contributed by atoms with Gasteiger partial charge in [-0.2, -0.15) is 23.3 Å². The highest BCUT2D eigenvalue weighted by atomic mass is 19.4. The lowest BCUT2D eigenvalue weighted by Crippen LogP contribution is -2.61. The summed E-state index contributed by atoms with van der Waals surface area (Å²) in [5, 5.41) is 14.7. The summed E-state index contributed by atoms with van der Waals surface area (Å²) >= 11 is 0. The highest BCUT2D eigenvalue weighted by Crippen LogP contribution is 2.49. The largest absolute Gasteiger partial charge is 0.439 e. The number of rotatable bonds is 3. The van der Waals surface area contributed by atoms with Crippen LogP contribution in [-0.4, -0.2) is 33.6 Å². The van der Waals surface area contributed by atoms with Crippen molar-refractivity contribution in [1.29, 1.82) is 0 Å². The zero-order valence-electron chi connectivity index (χ0n) is 14.0. The van der Waals surface area contributed by atoms with Gasteiger partial charge in [0.25, 0.3) is 5.72 Å². The van der Waals surface area contributed by atoms with Gasteiger partial charge in [-0.3, -0.25) is 4.79 Å². The first-order chi connectivity index (χ1) is 11.7. The van der Waals surface area contributed by atoms with Crippen LogP contribution in [0.3, 0.4) is 0 Å². The molecule has 3 atom stereocenters. The summed E-state index contributed by atoms with van der Waals surface area (Å²) in [5.41, 5.74) is -2.10. The molecule has 0 bridgehead atoms. The van der Waals surface area contributed by atoms with E-state index in [1.807, 2.05) is 13.0 Å². The molecule has 136 valence electrons. The lowest BCUT2D eigenvalue weighted by atomic mass is 9.76. The molecular formula is C18H21F3N2O2. The van der Waals surface area contributed by atoms with Gasteiger partial charge in [0.05, 0.1) is 5.92 Å². The number of benzene rings is 1. The van der Waals surface area contributed by atoms with Gasteiger partial charge in [0.2, 0.25) is 5.91 Å². The molecule has 0 aromatic heterocycles. The molecule has 25 heavy (non-hydrogen) atoms. The van der Waals surface area contributed by atoms with Crippen LogP contribution in [0.5, 0.6) is 0 Å². The van der Waals surface area contributed by atoms with Gasteiger partial charge in [0, 0.05) is 12.1 Å². The fourth-order valence-corrected chi connectivity index (χ4v) is 3.66. The summed E-state index contributed by atoms with van der Waals surface area (Å²) in [6.45, 7) is 1.85. The lowest BCUT2D eigenvalue weighted by Gasteiger charge is -2.39. The third-order valence-electron chi connectivity index (χ3n) is 5.09. The molecule has 0 spiro atoms. The number of aryl methyl sites for hydroxylation is 1. The molecule has 1 amide bonds. The minimum absolute atomic E-state index is 0.0530.